The van der Waals surface area contributed by atoms with Crippen molar-refractivity contribution in [3.63, 3.8) is 0 Å². The molecule has 0 fully saturated rings. The Morgan fingerprint density at radius 3 is 2.04 bits per heavy atom. The SMILES string of the molecule is Brc1ccc(/C=N\N(Cc2ccccc2)c2ccccc2)cc1. The van der Waals surface area contributed by atoms with Gasteiger partial charge in [-0.15, -0.1) is 0 Å². The van der Waals surface area contributed by atoms with E-state index in [1.54, 1.807) is 0 Å². The van der Waals surface area contributed by atoms with E-state index >= 15 is 0 Å². The first-order valence-corrected chi connectivity index (χ1v) is 8.26. The largest absolute Gasteiger partial charge is 0.261 e. The van der Waals surface area contributed by atoms with Crippen molar-refractivity contribution in [1.82, 2.24) is 0 Å². The molecule has 0 saturated heterocycles. The van der Waals surface area contributed by atoms with Gasteiger partial charge >= 0.3 is 0 Å². The highest BCUT2D eigenvalue weighted by molar-refractivity contribution is 9.10. The summed E-state index contributed by atoms with van der Waals surface area (Å²) in [5.41, 5.74) is 3.37. The Morgan fingerprint density at radius 2 is 1.39 bits per heavy atom. The standard InChI is InChI=1S/C20H17BrN2/c21-19-13-11-17(12-14-19)15-22-23(20-9-5-2-6-10-20)16-18-7-3-1-4-8-18/h1-15H,16H2/b22-15-. The molecule has 2 nitrogen and oxygen atoms in total. The van der Waals surface area contributed by atoms with Crippen molar-refractivity contribution in [3.05, 3.63) is 101 Å². The molecule has 0 heterocycles. The van der Waals surface area contributed by atoms with E-state index in [0.717, 1.165) is 22.3 Å². The van der Waals surface area contributed by atoms with Crippen LogP contribution in [-0.2, 0) is 6.54 Å². The number of hydrazone groups is 1. The van der Waals surface area contributed by atoms with Gasteiger partial charge < -0.3 is 0 Å². The number of nitrogens with zero attached hydrogens (tertiary/aromatic N) is 2. The Balaban J connectivity index is 1.84. The average molecular weight is 365 g/mol. The summed E-state index contributed by atoms with van der Waals surface area (Å²) in [6.45, 7) is 0.734. The lowest BCUT2D eigenvalue weighted by Gasteiger charge is -2.19. The van der Waals surface area contributed by atoms with Crippen molar-refractivity contribution >= 4 is 27.8 Å². The number of halogens is 1. The Labute approximate surface area is 145 Å². The lowest BCUT2D eigenvalue weighted by Crippen LogP contribution is -2.15. The normalized spacial score (nSPS) is 10.8. The molecule has 23 heavy (non-hydrogen) atoms. The molecular formula is C20H17BrN2. The first kappa shape index (κ1) is 15.5. The van der Waals surface area contributed by atoms with Crippen LogP contribution in [0.5, 0.6) is 0 Å². The lowest BCUT2D eigenvalue weighted by molar-refractivity contribution is 0.858. The van der Waals surface area contributed by atoms with Gasteiger partial charge in [0.2, 0.25) is 0 Å². The zero-order valence-corrected chi connectivity index (χ0v) is 14.2. The van der Waals surface area contributed by atoms with E-state index in [0.29, 0.717) is 0 Å². The fourth-order valence-electron chi connectivity index (χ4n) is 2.24. The zero-order valence-electron chi connectivity index (χ0n) is 12.6. The molecule has 0 aliphatic rings. The summed E-state index contributed by atoms with van der Waals surface area (Å²) in [7, 11) is 0. The second kappa shape index (κ2) is 7.75. The minimum Gasteiger partial charge on any atom is -0.261 e. The van der Waals surface area contributed by atoms with Crippen molar-refractivity contribution in [2.45, 2.75) is 6.54 Å². The fraction of sp³-hybridized carbons (Fsp3) is 0.0500. The first-order valence-electron chi connectivity index (χ1n) is 7.47. The summed E-state index contributed by atoms with van der Waals surface area (Å²) in [5, 5.41) is 6.69. The monoisotopic (exact) mass is 364 g/mol. The van der Waals surface area contributed by atoms with Crippen molar-refractivity contribution in [3.8, 4) is 0 Å². The van der Waals surface area contributed by atoms with Gasteiger partial charge in [-0.3, -0.25) is 5.01 Å². The molecule has 0 atom stereocenters. The van der Waals surface area contributed by atoms with Gasteiger partial charge in [0.05, 0.1) is 18.4 Å². The third-order valence-corrected chi connectivity index (χ3v) is 3.97. The highest BCUT2D eigenvalue weighted by Gasteiger charge is 2.05. The fourth-order valence-corrected chi connectivity index (χ4v) is 2.50. The summed E-state index contributed by atoms with van der Waals surface area (Å²) in [5.74, 6) is 0. The van der Waals surface area contributed by atoms with Gasteiger partial charge in [-0.05, 0) is 35.4 Å². The smallest absolute Gasteiger partial charge is 0.0666 e. The van der Waals surface area contributed by atoms with E-state index in [1.165, 1.54) is 5.56 Å². The van der Waals surface area contributed by atoms with E-state index in [9.17, 15) is 0 Å². The molecule has 0 radical (unpaired) electrons. The number of rotatable bonds is 5. The predicted octanol–water partition coefficient (Wildman–Crippen LogP) is 5.49. The molecule has 0 aliphatic carbocycles. The van der Waals surface area contributed by atoms with Gasteiger partial charge in [0.15, 0.2) is 0 Å². The molecule has 0 N–H and O–H groups in total. The van der Waals surface area contributed by atoms with Crippen LogP contribution < -0.4 is 5.01 Å². The number of hydrogen-bond donors (Lipinski definition) is 0. The van der Waals surface area contributed by atoms with Gasteiger partial charge in [-0.2, -0.15) is 5.10 Å². The molecule has 114 valence electrons. The molecule has 3 aromatic rings. The van der Waals surface area contributed by atoms with Gasteiger partial charge in [0.1, 0.15) is 0 Å². The summed E-state index contributed by atoms with van der Waals surface area (Å²) >= 11 is 3.45. The number of para-hydroxylation sites is 1. The van der Waals surface area contributed by atoms with E-state index < -0.39 is 0 Å². The molecule has 3 aromatic carbocycles. The molecule has 3 rings (SSSR count). The number of anilines is 1. The van der Waals surface area contributed by atoms with Crippen LogP contribution in [0.4, 0.5) is 5.69 Å². The second-order valence-electron chi connectivity index (χ2n) is 5.17. The third kappa shape index (κ3) is 4.54. The summed E-state index contributed by atoms with van der Waals surface area (Å²) in [6, 6.07) is 28.7. The summed E-state index contributed by atoms with van der Waals surface area (Å²) in [6.07, 6.45) is 1.89. The first-order chi connectivity index (χ1) is 11.3. The molecule has 0 amide bonds. The molecule has 0 aliphatic heterocycles. The van der Waals surface area contributed by atoms with E-state index in [2.05, 4.69) is 57.4 Å². The highest BCUT2D eigenvalue weighted by atomic mass is 79.9. The maximum Gasteiger partial charge on any atom is 0.0666 e. The van der Waals surface area contributed by atoms with Crippen molar-refractivity contribution in [1.29, 1.82) is 0 Å². The second-order valence-corrected chi connectivity index (χ2v) is 6.09. The van der Waals surface area contributed by atoms with Crippen LogP contribution in [0.3, 0.4) is 0 Å². The molecule has 3 heteroatoms. The number of benzene rings is 3. The van der Waals surface area contributed by atoms with Gasteiger partial charge in [0.25, 0.3) is 0 Å². The average Bonchev–Trinajstić information content (AvgIpc) is 2.61. The molecule has 0 aromatic heterocycles. The highest BCUT2D eigenvalue weighted by Crippen LogP contribution is 2.17. The van der Waals surface area contributed by atoms with E-state index in [-0.39, 0.29) is 0 Å². The van der Waals surface area contributed by atoms with Crippen LogP contribution in [0.15, 0.2) is 94.5 Å². The third-order valence-electron chi connectivity index (χ3n) is 3.45. The van der Waals surface area contributed by atoms with Gasteiger partial charge in [0, 0.05) is 4.47 Å². The Kier molecular flexibility index (Phi) is 5.22. The molecule has 0 spiro atoms. The molecule has 0 bridgehead atoms. The zero-order chi connectivity index (χ0) is 15.9. The van der Waals surface area contributed by atoms with Crippen LogP contribution in [0, 0.1) is 0 Å². The minimum atomic E-state index is 0.734. The topological polar surface area (TPSA) is 15.6 Å². The van der Waals surface area contributed by atoms with Crippen LogP contribution in [-0.4, -0.2) is 6.21 Å². The molecule has 0 saturated carbocycles. The van der Waals surface area contributed by atoms with Crippen LogP contribution in [0.2, 0.25) is 0 Å². The van der Waals surface area contributed by atoms with Gasteiger partial charge in [-0.25, -0.2) is 0 Å². The summed E-state index contributed by atoms with van der Waals surface area (Å²) in [4.78, 5) is 0. The Hall–Kier alpha value is -2.39. The predicted molar refractivity (Wildman–Crippen MR) is 101 cm³/mol. The minimum absolute atomic E-state index is 0.734. The molecular weight excluding hydrogens is 348 g/mol. The van der Waals surface area contributed by atoms with Crippen LogP contribution in [0.1, 0.15) is 11.1 Å². The van der Waals surface area contributed by atoms with E-state index in [4.69, 9.17) is 0 Å². The molecule has 0 unspecified atom stereocenters. The maximum atomic E-state index is 4.68. The van der Waals surface area contributed by atoms with Crippen LogP contribution in [0.25, 0.3) is 0 Å². The number of hydrogen-bond acceptors (Lipinski definition) is 2. The van der Waals surface area contributed by atoms with Gasteiger partial charge in [-0.1, -0.05) is 76.6 Å². The Morgan fingerprint density at radius 1 is 0.783 bits per heavy atom. The maximum absolute atomic E-state index is 4.68. The van der Waals surface area contributed by atoms with E-state index in [1.807, 2.05) is 59.8 Å². The summed E-state index contributed by atoms with van der Waals surface area (Å²) < 4.78 is 1.07. The van der Waals surface area contributed by atoms with Crippen molar-refractivity contribution in [2.24, 2.45) is 5.10 Å². The van der Waals surface area contributed by atoms with Crippen molar-refractivity contribution < 1.29 is 0 Å². The van der Waals surface area contributed by atoms with Crippen LogP contribution >= 0.6 is 15.9 Å². The Bertz CT molecular complexity index is 753. The quantitative estimate of drug-likeness (QED) is 0.431. The lowest BCUT2D eigenvalue weighted by atomic mass is 10.2. The van der Waals surface area contributed by atoms with Crippen molar-refractivity contribution in [2.75, 3.05) is 5.01 Å².